The van der Waals surface area contributed by atoms with Gasteiger partial charge in [0.1, 0.15) is 17.9 Å². The predicted molar refractivity (Wildman–Crippen MR) is 96.1 cm³/mol. The van der Waals surface area contributed by atoms with Gasteiger partial charge in [0.15, 0.2) is 11.6 Å². The molecular weight excluding hydrogens is 330 g/mol. The van der Waals surface area contributed by atoms with Gasteiger partial charge in [-0.15, -0.1) is 0 Å². The van der Waals surface area contributed by atoms with Crippen LogP contribution in [-0.2, 0) is 0 Å². The number of nitrogens with one attached hydrogen (secondary N) is 1. The Bertz CT molecular complexity index is 834. The highest BCUT2D eigenvalue weighted by Gasteiger charge is 2.30. The fourth-order valence-corrected chi connectivity index (χ4v) is 3.59. The van der Waals surface area contributed by atoms with Gasteiger partial charge in [-0.05, 0) is 31.0 Å². The SMILES string of the molecule is N#Cc1cc(C(=O)N2CC[C@H](Oc3cccnc3N3CCCC3)C2)c[nH]1. The summed E-state index contributed by atoms with van der Waals surface area (Å²) in [6.45, 7) is 3.21. The molecule has 0 aliphatic carbocycles. The summed E-state index contributed by atoms with van der Waals surface area (Å²) < 4.78 is 6.20. The number of amides is 1. The van der Waals surface area contributed by atoms with E-state index in [1.807, 2.05) is 18.2 Å². The van der Waals surface area contributed by atoms with Gasteiger partial charge in [0.05, 0.1) is 12.1 Å². The van der Waals surface area contributed by atoms with E-state index in [4.69, 9.17) is 10.00 Å². The number of anilines is 1. The van der Waals surface area contributed by atoms with Crippen molar-refractivity contribution in [2.24, 2.45) is 0 Å². The number of rotatable bonds is 4. The number of ether oxygens (including phenoxy) is 1. The third-order valence-electron chi connectivity index (χ3n) is 4.93. The standard InChI is InChI=1S/C19H21N5O2/c20-11-15-10-14(12-22-15)19(25)24-9-5-16(13-24)26-17-4-3-6-21-18(17)23-7-1-2-8-23/h3-4,6,10,12,16,22H,1-2,5,7-9,13H2/t16-/m0/s1. The number of likely N-dealkylation sites (tertiary alicyclic amines) is 1. The Labute approximate surface area is 152 Å². The monoisotopic (exact) mass is 351 g/mol. The van der Waals surface area contributed by atoms with Gasteiger partial charge in [-0.3, -0.25) is 4.79 Å². The number of H-pyrrole nitrogens is 1. The summed E-state index contributed by atoms with van der Waals surface area (Å²) in [6, 6.07) is 7.43. The van der Waals surface area contributed by atoms with Gasteiger partial charge in [0.25, 0.3) is 5.91 Å². The minimum absolute atomic E-state index is 0.0427. The molecule has 0 aromatic carbocycles. The maximum Gasteiger partial charge on any atom is 0.255 e. The Balaban J connectivity index is 1.42. The van der Waals surface area contributed by atoms with Crippen LogP contribution in [0.4, 0.5) is 5.82 Å². The van der Waals surface area contributed by atoms with Crippen molar-refractivity contribution in [3.63, 3.8) is 0 Å². The second-order valence-corrected chi connectivity index (χ2v) is 6.71. The van der Waals surface area contributed by atoms with Crippen molar-refractivity contribution in [2.75, 3.05) is 31.1 Å². The molecule has 2 aromatic heterocycles. The van der Waals surface area contributed by atoms with Crippen LogP contribution in [0.5, 0.6) is 5.75 Å². The second-order valence-electron chi connectivity index (χ2n) is 6.71. The van der Waals surface area contributed by atoms with Crippen LogP contribution in [0, 0.1) is 11.3 Å². The minimum atomic E-state index is -0.0696. The number of aromatic nitrogens is 2. The molecule has 2 aliphatic rings. The van der Waals surface area contributed by atoms with Crippen molar-refractivity contribution in [3.05, 3.63) is 41.9 Å². The van der Waals surface area contributed by atoms with Crippen LogP contribution in [0.25, 0.3) is 0 Å². The second kappa shape index (κ2) is 7.08. The molecule has 0 unspecified atom stereocenters. The first-order valence-corrected chi connectivity index (χ1v) is 8.99. The minimum Gasteiger partial charge on any atom is -0.485 e. The number of nitrogens with zero attached hydrogens (tertiary/aromatic N) is 4. The lowest BCUT2D eigenvalue weighted by molar-refractivity contribution is 0.0772. The normalized spacial score (nSPS) is 19.6. The quantitative estimate of drug-likeness (QED) is 0.912. The van der Waals surface area contributed by atoms with Crippen LogP contribution in [0.2, 0.25) is 0 Å². The fraction of sp³-hybridized carbons (Fsp3) is 0.421. The number of nitriles is 1. The highest BCUT2D eigenvalue weighted by molar-refractivity contribution is 5.94. The Morgan fingerprint density at radius 2 is 2.19 bits per heavy atom. The lowest BCUT2D eigenvalue weighted by Crippen LogP contribution is -2.31. The molecule has 2 fully saturated rings. The van der Waals surface area contributed by atoms with Crippen molar-refractivity contribution in [3.8, 4) is 11.8 Å². The molecule has 0 bridgehead atoms. The Kier molecular flexibility index (Phi) is 4.48. The van der Waals surface area contributed by atoms with Gasteiger partial charge in [0.2, 0.25) is 0 Å². The van der Waals surface area contributed by atoms with E-state index >= 15 is 0 Å². The zero-order valence-electron chi connectivity index (χ0n) is 14.5. The van der Waals surface area contributed by atoms with E-state index in [-0.39, 0.29) is 12.0 Å². The van der Waals surface area contributed by atoms with Crippen molar-refractivity contribution in [1.82, 2.24) is 14.9 Å². The van der Waals surface area contributed by atoms with E-state index in [1.165, 1.54) is 12.8 Å². The van der Waals surface area contributed by atoms with Crippen LogP contribution in [0.3, 0.4) is 0 Å². The van der Waals surface area contributed by atoms with Crippen molar-refractivity contribution in [1.29, 1.82) is 5.26 Å². The molecule has 4 rings (SSSR count). The number of carbonyl (C=O) groups excluding carboxylic acids is 1. The fourth-order valence-electron chi connectivity index (χ4n) is 3.59. The number of carbonyl (C=O) groups is 1. The predicted octanol–water partition coefficient (Wildman–Crippen LogP) is 2.18. The van der Waals surface area contributed by atoms with Gasteiger partial charge in [-0.2, -0.15) is 5.26 Å². The lowest BCUT2D eigenvalue weighted by Gasteiger charge is -2.22. The number of hydrogen-bond acceptors (Lipinski definition) is 5. The van der Waals surface area contributed by atoms with Crippen LogP contribution in [0.1, 0.15) is 35.3 Å². The van der Waals surface area contributed by atoms with E-state index in [0.717, 1.165) is 31.1 Å². The molecule has 7 nitrogen and oxygen atoms in total. The average Bonchev–Trinajstić information content (AvgIpc) is 3.42. The number of aromatic amines is 1. The third kappa shape index (κ3) is 3.23. The van der Waals surface area contributed by atoms with Crippen molar-refractivity contribution < 1.29 is 9.53 Å². The molecule has 4 heterocycles. The highest BCUT2D eigenvalue weighted by atomic mass is 16.5. The Morgan fingerprint density at radius 3 is 2.96 bits per heavy atom. The summed E-state index contributed by atoms with van der Waals surface area (Å²) in [5, 5.41) is 8.88. The Hall–Kier alpha value is -3.01. The van der Waals surface area contributed by atoms with E-state index in [0.29, 0.717) is 24.3 Å². The lowest BCUT2D eigenvalue weighted by atomic mass is 10.3. The van der Waals surface area contributed by atoms with Gasteiger partial charge in [0, 0.05) is 38.4 Å². The molecule has 1 atom stereocenters. The molecule has 2 aromatic rings. The smallest absolute Gasteiger partial charge is 0.255 e. The van der Waals surface area contributed by atoms with Crippen LogP contribution < -0.4 is 9.64 Å². The summed E-state index contributed by atoms with van der Waals surface area (Å²) in [4.78, 5) is 23.9. The van der Waals surface area contributed by atoms with Crippen molar-refractivity contribution >= 4 is 11.7 Å². The molecular formula is C19H21N5O2. The largest absolute Gasteiger partial charge is 0.485 e. The van der Waals surface area contributed by atoms with Crippen LogP contribution >= 0.6 is 0 Å². The molecule has 0 radical (unpaired) electrons. The van der Waals surface area contributed by atoms with E-state index in [9.17, 15) is 4.79 Å². The summed E-state index contributed by atoms with van der Waals surface area (Å²) in [5.74, 6) is 1.63. The maximum atomic E-state index is 12.6. The molecule has 7 heteroatoms. The van der Waals surface area contributed by atoms with E-state index in [2.05, 4.69) is 14.9 Å². The molecule has 1 N–H and O–H groups in total. The number of hydrogen-bond donors (Lipinski definition) is 1. The average molecular weight is 351 g/mol. The van der Waals surface area contributed by atoms with Gasteiger partial charge >= 0.3 is 0 Å². The Morgan fingerprint density at radius 1 is 1.35 bits per heavy atom. The maximum absolute atomic E-state index is 12.6. The molecule has 0 spiro atoms. The summed E-state index contributed by atoms with van der Waals surface area (Å²) in [5.41, 5.74) is 0.910. The first kappa shape index (κ1) is 16.5. The molecule has 1 amide bonds. The van der Waals surface area contributed by atoms with Crippen molar-refractivity contribution in [2.45, 2.75) is 25.4 Å². The summed E-state index contributed by atoms with van der Waals surface area (Å²) in [6.07, 6.45) is 6.49. The van der Waals surface area contributed by atoms with Gasteiger partial charge < -0.3 is 19.5 Å². The zero-order valence-corrected chi connectivity index (χ0v) is 14.5. The molecule has 134 valence electrons. The van der Waals surface area contributed by atoms with Gasteiger partial charge in [-0.1, -0.05) is 0 Å². The number of pyridine rings is 1. The van der Waals surface area contributed by atoms with E-state index in [1.54, 1.807) is 23.4 Å². The van der Waals surface area contributed by atoms with Crippen LogP contribution in [0.15, 0.2) is 30.6 Å². The zero-order chi connectivity index (χ0) is 17.9. The van der Waals surface area contributed by atoms with Crippen LogP contribution in [-0.4, -0.2) is 53.1 Å². The third-order valence-corrected chi connectivity index (χ3v) is 4.93. The summed E-state index contributed by atoms with van der Waals surface area (Å²) in [7, 11) is 0. The highest BCUT2D eigenvalue weighted by Crippen LogP contribution is 2.30. The molecule has 2 saturated heterocycles. The molecule has 0 saturated carbocycles. The molecule has 26 heavy (non-hydrogen) atoms. The molecule has 2 aliphatic heterocycles. The first-order valence-electron chi connectivity index (χ1n) is 8.99. The topological polar surface area (TPSA) is 85.2 Å². The first-order chi connectivity index (χ1) is 12.7. The van der Waals surface area contributed by atoms with E-state index < -0.39 is 0 Å². The van der Waals surface area contributed by atoms with Gasteiger partial charge in [-0.25, -0.2) is 4.98 Å². The summed E-state index contributed by atoms with van der Waals surface area (Å²) >= 11 is 0.